The highest BCUT2D eigenvalue weighted by molar-refractivity contribution is 5.84. The Bertz CT molecular complexity index is 601. The molecule has 0 aliphatic rings. The number of hydrogen-bond acceptors (Lipinski definition) is 2. The first-order valence-electron chi connectivity index (χ1n) is 6.48. The minimum atomic E-state index is -0.361. The molecule has 0 unspecified atom stereocenters. The number of fused-ring (bicyclic) bond motifs is 1. The molecule has 0 bridgehead atoms. The highest BCUT2D eigenvalue weighted by atomic mass is 18.2. The molecule has 0 aliphatic heterocycles. The van der Waals surface area contributed by atoms with Crippen molar-refractivity contribution >= 4 is 16.7 Å². The van der Waals surface area contributed by atoms with Crippen LogP contribution in [0, 0.1) is 5.41 Å². The molecule has 4 nitrogen and oxygen atoms in total. The van der Waals surface area contributed by atoms with E-state index in [9.17, 15) is 4.39 Å². The molecule has 0 aromatic heterocycles. The van der Waals surface area contributed by atoms with Gasteiger partial charge >= 0.3 is 0 Å². The fourth-order valence-electron chi connectivity index (χ4n) is 1.91. The number of nitrogens with one attached hydrogen (secondary N) is 2. The van der Waals surface area contributed by atoms with Gasteiger partial charge in [-0.1, -0.05) is 18.2 Å². The van der Waals surface area contributed by atoms with E-state index in [0.717, 1.165) is 22.1 Å². The number of halogens is 1. The van der Waals surface area contributed by atoms with Crippen molar-refractivity contribution in [2.75, 3.05) is 13.3 Å². The van der Waals surface area contributed by atoms with Crippen molar-refractivity contribution in [2.24, 2.45) is 5.73 Å². The largest absolute Gasteiger partial charge is 0.493 e. The lowest BCUT2D eigenvalue weighted by Gasteiger charge is -2.08. The maximum absolute atomic E-state index is 12.0. The van der Waals surface area contributed by atoms with E-state index in [1.165, 1.54) is 0 Å². The molecule has 0 radical (unpaired) electrons. The maximum atomic E-state index is 12.0. The lowest BCUT2D eigenvalue weighted by Crippen LogP contribution is -2.29. The fraction of sp³-hybridized carbons (Fsp3) is 0.267. The molecule has 4 N–H and O–H groups in total. The summed E-state index contributed by atoms with van der Waals surface area (Å²) in [4.78, 5) is 0. The smallest absolute Gasteiger partial charge is 0.185 e. The number of hydrogen-bond donors (Lipinski definition) is 3. The van der Waals surface area contributed by atoms with Crippen molar-refractivity contribution in [2.45, 2.75) is 13.0 Å². The van der Waals surface area contributed by atoms with E-state index in [4.69, 9.17) is 15.9 Å². The Morgan fingerprint density at radius 3 is 2.70 bits per heavy atom. The number of benzene rings is 2. The summed E-state index contributed by atoms with van der Waals surface area (Å²) in [6.07, 6.45) is 0.410. The molecular formula is C15H18FN3O. The zero-order chi connectivity index (χ0) is 14.4. The number of ether oxygens (including phenoxy) is 1. The van der Waals surface area contributed by atoms with E-state index in [2.05, 4.69) is 5.32 Å². The topological polar surface area (TPSA) is 71.1 Å². The number of rotatable bonds is 6. The lowest BCUT2D eigenvalue weighted by atomic mass is 10.1. The number of nitrogens with two attached hydrogens (primary N) is 1. The van der Waals surface area contributed by atoms with Crippen molar-refractivity contribution in [1.82, 2.24) is 5.32 Å². The molecular weight excluding hydrogens is 256 g/mol. The molecule has 0 saturated heterocycles. The van der Waals surface area contributed by atoms with Gasteiger partial charge in [-0.3, -0.25) is 9.80 Å². The minimum absolute atomic E-state index is 0.0401. The van der Waals surface area contributed by atoms with Gasteiger partial charge in [-0.15, -0.1) is 0 Å². The van der Waals surface area contributed by atoms with E-state index in [1.54, 1.807) is 0 Å². The highest BCUT2D eigenvalue weighted by Crippen LogP contribution is 2.22. The normalized spacial score (nSPS) is 10.4. The molecule has 2 aromatic rings. The number of alkyl halides is 1. The van der Waals surface area contributed by atoms with Gasteiger partial charge in [-0.25, -0.2) is 0 Å². The average molecular weight is 274 g/mol. The van der Waals surface area contributed by atoms with E-state index in [-0.39, 0.29) is 12.6 Å². The molecule has 0 amide bonds. The quantitative estimate of drug-likeness (QED) is 0.430. The first kappa shape index (κ1) is 14.1. The minimum Gasteiger partial charge on any atom is -0.493 e. The van der Waals surface area contributed by atoms with Crippen LogP contribution < -0.4 is 15.8 Å². The summed E-state index contributed by atoms with van der Waals surface area (Å²) in [5, 5.41) is 12.1. The lowest BCUT2D eigenvalue weighted by molar-refractivity contribution is 0.290. The summed E-state index contributed by atoms with van der Waals surface area (Å²) in [7, 11) is 0. The summed E-state index contributed by atoms with van der Waals surface area (Å²) < 4.78 is 17.5. The van der Waals surface area contributed by atoms with Gasteiger partial charge in [0.2, 0.25) is 0 Å². The molecule has 5 heteroatoms. The molecule has 0 fully saturated rings. The predicted molar refractivity (Wildman–Crippen MR) is 78.8 cm³/mol. The van der Waals surface area contributed by atoms with Crippen LogP contribution in [0.2, 0.25) is 0 Å². The van der Waals surface area contributed by atoms with Crippen molar-refractivity contribution in [3.05, 3.63) is 42.0 Å². The molecule has 0 aliphatic carbocycles. The standard InChI is InChI=1S/C15H18FN3O/c16-6-1-7-20-14-5-4-12-8-11(10-19-15(17)18)2-3-13(12)9-14/h2-5,8-9H,1,6-7,10H2,(H4,17,18,19)/i16-1. The van der Waals surface area contributed by atoms with E-state index < -0.39 is 0 Å². The van der Waals surface area contributed by atoms with Crippen LogP contribution in [-0.2, 0) is 6.54 Å². The Labute approximate surface area is 117 Å². The monoisotopic (exact) mass is 274 g/mol. The number of guanidine groups is 1. The molecule has 0 heterocycles. The van der Waals surface area contributed by atoms with Gasteiger partial charge in [0, 0.05) is 13.0 Å². The van der Waals surface area contributed by atoms with Gasteiger partial charge in [0.05, 0.1) is 13.3 Å². The summed E-state index contributed by atoms with van der Waals surface area (Å²) >= 11 is 0. The SMILES string of the molecule is N=C(N)NCc1ccc2cc(OCCC[18F])ccc2c1. The van der Waals surface area contributed by atoms with Crippen molar-refractivity contribution in [3.8, 4) is 5.75 Å². The van der Waals surface area contributed by atoms with Crippen LogP contribution in [0.1, 0.15) is 12.0 Å². The Hall–Kier alpha value is -2.30. The molecule has 0 atom stereocenters. The Kier molecular flexibility index (Phi) is 4.76. The molecule has 106 valence electrons. The maximum Gasteiger partial charge on any atom is 0.185 e. The zero-order valence-electron chi connectivity index (χ0n) is 11.2. The molecule has 2 rings (SSSR count). The van der Waals surface area contributed by atoms with Crippen LogP contribution in [0.3, 0.4) is 0 Å². The molecule has 20 heavy (non-hydrogen) atoms. The first-order valence-corrected chi connectivity index (χ1v) is 6.48. The van der Waals surface area contributed by atoms with Crippen LogP contribution in [0.15, 0.2) is 36.4 Å². The second kappa shape index (κ2) is 6.75. The summed E-state index contributed by atoms with van der Waals surface area (Å²) in [6, 6.07) is 11.8. The van der Waals surface area contributed by atoms with Gasteiger partial charge in [-0.05, 0) is 34.5 Å². The second-order valence-corrected chi connectivity index (χ2v) is 4.50. The second-order valence-electron chi connectivity index (χ2n) is 4.50. The van der Waals surface area contributed by atoms with E-state index >= 15 is 0 Å². The third-order valence-corrected chi connectivity index (χ3v) is 2.91. The van der Waals surface area contributed by atoms with Crippen LogP contribution in [0.5, 0.6) is 5.75 Å². The third kappa shape index (κ3) is 3.85. The van der Waals surface area contributed by atoms with E-state index in [1.807, 2.05) is 36.4 Å². The summed E-state index contributed by atoms with van der Waals surface area (Å²) in [6.45, 7) is 0.558. The predicted octanol–water partition coefficient (Wildman–Crippen LogP) is 2.56. The van der Waals surface area contributed by atoms with Gasteiger partial charge < -0.3 is 15.8 Å². The van der Waals surface area contributed by atoms with Crippen LogP contribution in [-0.4, -0.2) is 19.2 Å². The molecule has 2 aromatic carbocycles. The van der Waals surface area contributed by atoms with Crippen LogP contribution in [0.4, 0.5) is 4.39 Å². The van der Waals surface area contributed by atoms with Crippen molar-refractivity contribution < 1.29 is 9.13 Å². The first-order chi connectivity index (χ1) is 9.69. The summed E-state index contributed by atoms with van der Waals surface area (Å²) in [5.41, 5.74) is 6.31. The zero-order valence-corrected chi connectivity index (χ0v) is 11.2. The van der Waals surface area contributed by atoms with Gasteiger partial charge in [0.25, 0.3) is 0 Å². The molecule has 0 saturated carbocycles. The Morgan fingerprint density at radius 2 is 1.95 bits per heavy atom. The van der Waals surface area contributed by atoms with Crippen molar-refractivity contribution in [3.63, 3.8) is 0 Å². The van der Waals surface area contributed by atoms with Crippen molar-refractivity contribution in [1.29, 1.82) is 5.41 Å². The molecule has 0 spiro atoms. The fourth-order valence-corrected chi connectivity index (χ4v) is 1.91. The third-order valence-electron chi connectivity index (χ3n) is 2.91. The van der Waals surface area contributed by atoms with E-state index in [0.29, 0.717) is 19.6 Å². The summed E-state index contributed by atoms with van der Waals surface area (Å²) in [5.74, 6) is 0.710. The Balaban J connectivity index is 2.10. The van der Waals surface area contributed by atoms with Gasteiger partial charge in [0.1, 0.15) is 5.75 Å². The van der Waals surface area contributed by atoms with Gasteiger partial charge in [-0.2, -0.15) is 0 Å². The Morgan fingerprint density at radius 1 is 1.20 bits per heavy atom. The van der Waals surface area contributed by atoms with Gasteiger partial charge in [0.15, 0.2) is 5.96 Å². The average Bonchev–Trinajstić information content (AvgIpc) is 2.45. The van der Waals surface area contributed by atoms with Crippen LogP contribution >= 0.6 is 0 Å². The highest BCUT2D eigenvalue weighted by Gasteiger charge is 2.00. The van der Waals surface area contributed by atoms with Crippen LogP contribution in [0.25, 0.3) is 10.8 Å².